The second kappa shape index (κ2) is 7.45. The number of ketones is 1. The molecule has 1 atom stereocenters. The number of thioether (sulfide) groups is 1. The summed E-state index contributed by atoms with van der Waals surface area (Å²) in [6.45, 7) is 1.03. The molecule has 0 aromatic carbocycles. The number of hydrogen-bond donors (Lipinski definition) is 1. The number of hydrogen-bond acceptors (Lipinski definition) is 4. The van der Waals surface area contributed by atoms with E-state index in [0.29, 0.717) is 30.7 Å². The number of nitrogens with zero attached hydrogens (tertiary/aromatic N) is 2. The van der Waals surface area contributed by atoms with Crippen LogP contribution in [0.4, 0.5) is 0 Å². The van der Waals surface area contributed by atoms with E-state index in [1.807, 2.05) is 17.8 Å². The van der Waals surface area contributed by atoms with Crippen LogP contribution >= 0.6 is 11.8 Å². The Morgan fingerprint density at radius 1 is 1.38 bits per heavy atom. The Bertz CT molecular complexity index is 462. The molecule has 0 bridgehead atoms. The van der Waals surface area contributed by atoms with Gasteiger partial charge in [-0.3, -0.25) is 9.48 Å². The molecule has 5 heteroatoms. The van der Waals surface area contributed by atoms with E-state index < -0.39 is 0 Å². The van der Waals surface area contributed by atoms with Crippen molar-refractivity contribution in [1.29, 1.82) is 0 Å². The molecule has 3 rings (SSSR count). The van der Waals surface area contributed by atoms with E-state index in [-0.39, 0.29) is 0 Å². The van der Waals surface area contributed by atoms with Gasteiger partial charge in [-0.25, -0.2) is 0 Å². The minimum atomic E-state index is 0.309. The zero-order chi connectivity index (χ0) is 14.5. The summed E-state index contributed by atoms with van der Waals surface area (Å²) in [5.41, 5.74) is 0.939. The van der Waals surface area contributed by atoms with Crippen LogP contribution < -0.4 is 5.32 Å². The first kappa shape index (κ1) is 15.1. The number of nitrogens with one attached hydrogen (secondary N) is 1. The van der Waals surface area contributed by atoms with Gasteiger partial charge in [-0.1, -0.05) is 19.3 Å². The second-order valence-corrected chi connectivity index (χ2v) is 7.37. The Balaban J connectivity index is 1.50. The quantitative estimate of drug-likeness (QED) is 0.908. The fourth-order valence-electron chi connectivity index (χ4n) is 3.32. The average molecular weight is 307 g/mol. The third kappa shape index (κ3) is 4.33. The van der Waals surface area contributed by atoms with Crippen molar-refractivity contribution in [2.75, 3.05) is 18.1 Å². The minimum absolute atomic E-state index is 0.309. The van der Waals surface area contributed by atoms with Gasteiger partial charge >= 0.3 is 0 Å². The summed E-state index contributed by atoms with van der Waals surface area (Å²) >= 11 is 1.94. The van der Waals surface area contributed by atoms with Crippen molar-refractivity contribution in [2.45, 2.75) is 57.0 Å². The van der Waals surface area contributed by atoms with Crippen LogP contribution in [0.15, 0.2) is 12.3 Å². The highest BCUT2D eigenvalue weighted by molar-refractivity contribution is 7.99. The minimum Gasteiger partial charge on any atom is -0.312 e. The normalized spacial score (nSPS) is 24.1. The number of rotatable bonds is 5. The van der Waals surface area contributed by atoms with Gasteiger partial charge in [-0.05, 0) is 18.9 Å². The summed E-state index contributed by atoms with van der Waals surface area (Å²) < 4.78 is 2.09. The largest absolute Gasteiger partial charge is 0.312 e. The molecule has 0 radical (unpaired) electrons. The maximum atomic E-state index is 12.2. The number of carbonyl (C=O) groups is 1. The average Bonchev–Trinajstić information content (AvgIpc) is 2.97. The molecular weight excluding hydrogens is 282 g/mol. The molecule has 2 fully saturated rings. The molecule has 1 saturated carbocycles. The summed E-state index contributed by atoms with van der Waals surface area (Å²) in [6, 6.07) is 2.94. The molecular formula is C16H25N3OS. The number of aromatic nitrogens is 2. The summed E-state index contributed by atoms with van der Waals surface area (Å²) in [4.78, 5) is 12.2. The first-order valence-corrected chi connectivity index (χ1v) is 9.33. The first-order valence-electron chi connectivity index (χ1n) is 8.18. The van der Waals surface area contributed by atoms with Crippen LogP contribution in [-0.4, -0.2) is 39.7 Å². The third-order valence-corrected chi connectivity index (χ3v) is 5.59. The molecule has 2 aliphatic rings. The number of carbonyl (C=O) groups excluding carboxylic acids is 1. The van der Waals surface area contributed by atoms with Crippen molar-refractivity contribution in [2.24, 2.45) is 0 Å². The van der Waals surface area contributed by atoms with Gasteiger partial charge < -0.3 is 5.32 Å². The maximum absolute atomic E-state index is 12.2. The molecule has 1 aromatic rings. The van der Waals surface area contributed by atoms with Gasteiger partial charge in [-0.15, -0.1) is 0 Å². The molecule has 4 nitrogen and oxygen atoms in total. The van der Waals surface area contributed by atoms with Crippen molar-refractivity contribution in [3.63, 3.8) is 0 Å². The molecule has 1 N–H and O–H groups in total. The zero-order valence-electron chi connectivity index (χ0n) is 12.6. The molecule has 0 spiro atoms. The van der Waals surface area contributed by atoms with E-state index in [2.05, 4.69) is 21.3 Å². The maximum Gasteiger partial charge on any atom is 0.140 e. The molecule has 2 heterocycles. The molecule has 1 aromatic heterocycles. The summed E-state index contributed by atoms with van der Waals surface area (Å²) in [6.07, 6.45) is 9.64. The Morgan fingerprint density at radius 3 is 3.00 bits per heavy atom. The zero-order valence-corrected chi connectivity index (χ0v) is 13.4. The Hall–Kier alpha value is -0.810. The molecule has 1 aliphatic heterocycles. The van der Waals surface area contributed by atoms with Gasteiger partial charge in [0.25, 0.3) is 0 Å². The Labute approximate surface area is 131 Å². The standard InChI is InChI=1S/C16H25N3OS/c20-16(11-14-12-21-9-7-17-14)10-13-6-8-19(18-13)15-4-2-1-3-5-15/h6,8,14-15,17H,1-5,7,9-12H2. The van der Waals surface area contributed by atoms with Crippen LogP contribution in [0.5, 0.6) is 0 Å². The van der Waals surface area contributed by atoms with E-state index in [1.54, 1.807) is 0 Å². The first-order chi connectivity index (χ1) is 10.3. The molecule has 1 saturated heterocycles. The van der Waals surface area contributed by atoms with Crippen LogP contribution in [0.1, 0.15) is 50.3 Å². The third-order valence-electron chi connectivity index (χ3n) is 4.46. The van der Waals surface area contributed by atoms with E-state index in [1.165, 1.54) is 32.1 Å². The lowest BCUT2D eigenvalue weighted by Gasteiger charge is -2.22. The molecule has 1 aliphatic carbocycles. The lowest BCUT2D eigenvalue weighted by Crippen LogP contribution is -2.39. The fourth-order valence-corrected chi connectivity index (χ4v) is 4.27. The lowest BCUT2D eigenvalue weighted by molar-refractivity contribution is -0.118. The highest BCUT2D eigenvalue weighted by Gasteiger charge is 2.19. The van der Waals surface area contributed by atoms with Gasteiger partial charge in [0.05, 0.1) is 18.2 Å². The van der Waals surface area contributed by atoms with Crippen LogP contribution in [0.3, 0.4) is 0 Å². The predicted molar refractivity (Wildman–Crippen MR) is 86.8 cm³/mol. The van der Waals surface area contributed by atoms with Crippen LogP contribution in [0.2, 0.25) is 0 Å². The molecule has 21 heavy (non-hydrogen) atoms. The second-order valence-electron chi connectivity index (χ2n) is 6.22. The van der Waals surface area contributed by atoms with Crippen LogP contribution in [-0.2, 0) is 11.2 Å². The van der Waals surface area contributed by atoms with Crippen molar-refractivity contribution < 1.29 is 4.79 Å². The highest BCUT2D eigenvalue weighted by atomic mass is 32.2. The Kier molecular flexibility index (Phi) is 5.36. The summed E-state index contributed by atoms with van der Waals surface area (Å²) in [5.74, 6) is 2.53. The van der Waals surface area contributed by atoms with E-state index in [0.717, 1.165) is 23.7 Å². The van der Waals surface area contributed by atoms with Crippen LogP contribution in [0, 0.1) is 0 Å². The molecule has 1 unspecified atom stereocenters. The van der Waals surface area contributed by atoms with Gasteiger partial charge in [0, 0.05) is 36.7 Å². The fraction of sp³-hybridized carbons (Fsp3) is 0.750. The Morgan fingerprint density at radius 2 is 2.24 bits per heavy atom. The number of Topliss-reactive ketones (excluding diaryl/α,β-unsaturated/α-hetero) is 1. The van der Waals surface area contributed by atoms with Crippen LogP contribution in [0.25, 0.3) is 0 Å². The topological polar surface area (TPSA) is 46.9 Å². The summed E-state index contributed by atoms with van der Waals surface area (Å²) in [5, 5.41) is 8.06. The van der Waals surface area contributed by atoms with Crippen molar-refractivity contribution in [3.05, 3.63) is 18.0 Å². The predicted octanol–water partition coefficient (Wildman–Crippen LogP) is 2.60. The van der Waals surface area contributed by atoms with Crippen molar-refractivity contribution >= 4 is 17.5 Å². The van der Waals surface area contributed by atoms with Crippen molar-refractivity contribution in [3.8, 4) is 0 Å². The SMILES string of the molecule is O=C(Cc1ccn(C2CCCCC2)n1)CC1CSCCN1. The van der Waals surface area contributed by atoms with Gasteiger partial charge in [-0.2, -0.15) is 16.9 Å². The lowest BCUT2D eigenvalue weighted by atomic mass is 9.96. The van der Waals surface area contributed by atoms with E-state index in [4.69, 9.17) is 0 Å². The van der Waals surface area contributed by atoms with Gasteiger partial charge in [0.15, 0.2) is 0 Å². The van der Waals surface area contributed by atoms with E-state index in [9.17, 15) is 4.79 Å². The van der Waals surface area contributed by atoms with E-state index >= 15 is 0 Å². The van der Waals surface area contributed by atoms with Gasteiger partial charge in [0.2, 0.25) is 0 Å². The van der Waals surface area contributed by atoms with Crippen molar-refractivity contribution in [1.82, 2.24) is 15.1 Å². The molecule has 0 amide bonds. The summed E-state index contributed by atoms with van der Waals surface area (Å²) in [7, 11) is 0. The molecule has 116 valence electrons. The highest BCUT2D eigenvalue weighted by Crippen LogP contribution is 2.27. The smallest absolute Gasteiger partial charge is 0.140 e. The monoisotopic (exact) mass is 307 g/mol. The van der Waals surface area contributed by atoms with Gasteiger partial charge in [0.1, 0.15) is 5.78 Å².